The van der Waals surface area contributed by atoms with Gasteiger partial charge in [-0.15, -0.1) is 0 Å². The van der Waals surface area contributed by atoms with Crippen LogP contribution in [0.1, 0.15) is 31.1 Å². The lowest BCUT2D eigenvalue weighted by molar-refractivity contribution is 0.00486. The van der Waals surface area contributed by atoms with Gasteiger partial charge in [0.25, 0.3) is 0 Å². The highest BCUT2D eigenvalue weighted by atomic mass is 16.5. The summed E-state index contributed by atoms with van der Waals surface area (Å²) in [6.07, 6.45) is -0.434. The zero-order valence-corrected chi connectivity index (χ0v) is 10.1. The lowest BCUT2D eigenvalue weighted by atomic mass is 10.1. The van der Waals surface area contributed by atoms with Crippen molar-refractivity contribution in [1.29, 1.82) is 0 Å². The molecule has 1 N–H and O–H groups in total. The van der Waals surface area contributed by atoms with E-state index in [2.05, 4.69) is 0 Å². The second kappa shape index (κ2) is 6.63. The molecule has 3 heteroatoms. The minimum Gasteiger partial charge on any atom is -0.386 e. The maximum atomic E-state index is 9.90. The summed E-state index contributed by atoms with van der Waals surface area (Å²) in [5.41, 5.74) is 1.93. The van der Waals surface area contributed by atoms with Crippen molar-refractivity contribution >= 4 is 0 Å². The van der Waals surface area contributed by atoms with Crippen molar-refractivity contribution in [1.82, 2.24) is 0 Å². The quantitative estimate of drug-likeness (QED) is 0.805. The Morgan fingerprint density at radius 1 is 1.31 bits per heavy atom. The van der Waals surface area contributed by atoms with E-state index >= 15 is 0 Å². The lowest BCUT2D eigenvalue weighted by Gasteiger charge is -2.14. The molecule has 0 saturated carbocycles. The van der Waals surface area contributed by atoms with Crippen molar-refractivity contribution in [2.45, 2.75) is 32.7 Å². The van der Waals surface area contributed by atoms with E-state index in [0.717, 1.165) is 11.1 Å². The number of rotatable bonds is 6. The van der Waals surface area contributed by atoms with Crippen LogP contribution in [0.25, 0.3) is 0 Å². The molecule has 0 heterocycles. The summed E-state index contributed by atoms with van der Waals surface area (Å²) < 4.78 is 10.4. The van der Waals surface area contributed by atoms with Gasteiger partial charge in [-0.05, 0) is 25.0 Å². The van der Waals surface area contributed by atoms with Crippen LogP contribution in [0.15, 0.2) is 24.3 Å². The summed E-state index contributed by atoms with van der Waals surface area (Å²) >= 11 is 0. The third kappa shape index (κ3) is 4.31. The van der Waals surface area contributed by atoms with E-state index in [1.54, 1.807) is 7.11 Å². The van der Waals surface area contributed by atoms with Crippen LogP contribution in [0.5, 0.6) is 0 Å². The minimum absolute atomic E-state index is 0.136. The molecular formula is C13H20O3. The van der Waals surface area contributed by atoms with Gasteiger partial charge in [-0.2, -0.15) is 0 Å². The highest BCUT2D eigenvalue weighted by Gasteiger charge is 2.09. The Labute approximate surface area is 97.0 Å². The first-order valence-electron chi connectivity index (χ1n) is 5.51. The van der Waals surface area contributed by atoms with E-state index < -0.39 is 6.10 Å². The molecule has 0 radical (unpaired) electrons. The van der Waals surface area contributed by atoms with E-state index in [1.165, 1.54) is 0 Å². The van der Waals surface area contributed by atoms with Gasteiger partial charge in [0.1, 0.15) is 6.10 Å². The van der Waals surface area contributed by atoms with Crippen LogP contribution in [0.4, 0.5) is 0 Å². The standard InChI is InChI=1S/C13H20O3/c1-10(2)16-9-13(14)12-6-4-5-11(7-12)8-15-3/h4-7,10,13-14H,8-9H2,1-3H3. The lowest BCUT2D eigenvalue weighted by Crippen LogP contribution is -2.12. The topological polar surface area (TPSA) is 38.7 Å². The zero-order chi connectivity index (χ0) is 12.0. The number of aliphatic hydroxyl groups is 1. The van der Waals surface area contributed by atoms with Crippen LogP contribution in [0, 0.1) is 0 Å². The SMILES string of the molecule is COCc1cccc(C(O)COC(C)C)c1. The normalized spacial score (nSPS) is 13.1. The van der Waals surface area contributed by atoms with E-state index in [1.807, 2.05) is 38.1 Å². The fraction of sp³-hybridized carbons (Fsp3) is 0.538. The molecule has 1 aromatic rings. The minimum atomic E-state index is -0.570. The van der Waals surface area contributed by atoms with Gasteiger partial charge in [-0.1, -0.05) is 24.3 Å². The zero-order valence-electron chi connectivity index (χ0n) is 10.1. The maximum Gasteiger partial charge on any atom is 0.102 e. The Kier molecular flexibility index (Phi) is 5.46. The molecule has 0 saturated heterocycles. The summed E-state index contributed by atoms with van der Waals surface area (Å²) in [7, 11) is 1.66. The molecule has 0 aliphatic rings. The van der Waals surface area contributed by atoms with Crippen LogP contribution < -0.4 is 0 Å². The van der Waals surface area contributed by atoms with Crippen LogP contribution in [-0.4, -0.2) is 24.9 Å². The number of benzene rings is 1. The number of ether oxygens (including phenoxy) is 2. The van der Waals surface area contributed by atoms with Crippen molar-refractivity contribution < 1.29 is 14.6 Å². The molecule has 0 aliphatic heterocycles. The van der Waals surface area contributed by atoms with Crippen molar-refractivity contribution in [3.63, 3.8) is 0 Å². The van der Waals surface area contributed by atoms with Crippen molar-refractivity contribution in [3.05, 3.63) is 35.4 Å². The van der Waals surface area contributed by atoms with Gasteiger partial charge >= 0.3 is 0 Å². The van der Waals surface area contributed by atoms with Gasteiger partial charge in [-0.25, -0.2) is 0 Å². The Hall–Kier alpha value is -0.900. The third-order valence-corrected chi connectivity index (χ3v) is 2.23. The largest absolute Gasteiger partial charge is 0.386 e. The Balaban J connectivity index is 2.60. The molecule has 1 unspecified atom stereocenters. The predicted molar refractivity (Wildman–Crippen MR) is 63.2 cm³/mol. The average molecular weight is 224 g/mol. The van der Waals surface area contributed by atoms with Crippen LogP contribution in [0.2, 0.25) is 0 Å². The summed E-state index contributed by atoms with van der Waals surface area (Å²) in [6.45, 7) is 4.79. The Bertz CT molecular complexity index is 310. The molecule has 1 rings (SSSR count). The molecule has 0 aromatic heterocycles. The monoisotopic (exact) mass is 224 g/mol. The average Bonchev–Trinajstić information content (AvgIpc) is 2.26. The van der Waals surface area contributed by atoms with Gasteiger partial charge in [0.05, 0.1) is 19.3 Å². The first-order valence-corrected chi connectivity index (χ1v) is 5.51. The third-order valence-electron chi connectivity index (χ3n) is 2.23. The van der Waals surface area contributed by atoms with Gasteiger partial charge < -0.3 is 14.6 Å². The molecule has 0 aliphatic carbocycles. The molecule has 1 atom stereocenters. The van der Waals surface area contributed by atoms with E-state index in [9.17, 15) is 5.11 Å². The van der Waals surface area contributed by atoms with Crippen LogP contribution in [0.3, 0.4) is 0 Å². The summed E-state index contributed by atoms with van der Waals surface area (Å²) in [6, 6.07) is 7.73. The summed E-state index contributed by atoms with van der Waals surface area (Å²) in [5, 5.41) is 9.90. The van der Waals surface area contributed by atoms with Gasteiger partial charge in [-0.3, -0.25) is 0 Å². The molecular weight excluding hydrogens is 204 g/mol. The first-order chi connectivity index (χ1) is 7.63. The molecule has 1 aromatic carbocycles. The number of hydrogen-bond acceptors (Lipinski definition) is 3. The fourth-order valence-corrected chi connectivity index (χ4v) is 1.44. The van der Waals surface area contributed by atoms with Gasteiger partial charge in [0.2, 0.25) is 0 Å². The summed E-state index contributed by atoms with van der Waals surface area (Å²) in [5.74, 6) is 0. The van der Waals surface area contributed by atoms with Gasteiger partial charge in [0, 0.05) is 7.11 Å². The Morgan fingerprint density at radius 3 is 2.69 bits per heavy atom. The predicted octanol–water partition coefficient (Wildman–Crippen LogP) is 2.29. The highest BCUT2D eigenvalue weighted by molar-refractivity contribution is 5.24. The second-order valence-corrected chi connectivity index (χ2v) is 4.08. The number of aliphatic hydroxyl groups excluding tert-OH is 1. The number of methoxy groups -OCH3 is 1. The first kappa shape index (κ1) is 13.2. The second-order valence-electron chi connectivity index (χ2n) is 4.08. The molecule has 0 fully saturated rings. The fourth-order valence-electron chi connectivity index (χ4n) is 1.44. The Morgan fingerprint density at radius 2 is 2.06 bits per heavy atom. The molecule has 0 spiro atoms. The molecule has 0 amide bonds. The molecule has 3 nitrogen and oxygen atoms in total. The van der Waals surface area contributed by atoms with Crippen molar-refractivity contribution in [3.8, 4) is 0 Å². The summed E-state index contributed by atoms with van der Waals surface area (Å²) in [4.78, 5) is 0. The van der Waals surface area contributed by atoms with Crippen molar-refractivity contribution in [2.24, 2.45) is 0 Å². The van der Waals surface area contributed by atoms with Gasteiger partial charge in [0.15, 0.2) is 0 Å². The molecule has 16 heavy (non-hydrogen) atoms. The van der Waals surface area contributed by atoms with E-state index in [-0.39, 0.29) is 6.10 Å². The molecule has 0 bridgehead atoms. The highest BCUT2D eigenvalue weighted by Crippen LogP contribution is 2.16. The smallest absolute Gasteiger partial charge is 0.102 e. The van der Waals surface area contributed by atoms with Crippen molar-refractivity contribution in [2.75, 3.05) is 13.7 Å². The van der Waals surface area contributed by atoms with Crippen LogP contribution >= 0.6 is 0 Å². The molecule has 90 valence electrons. The van der Waals surface area contributed by atoms with Crippen LogP contribution in [-0.2, 0) is 16.1 Å². The maximum absolute atomic E-state index is 9.90. The number of hydrogen-bond donors (Lipinski definition) is 1. The van der Waals surface area contributed by atoms with E-state index in [4.69, 9.17) is 9.47 Å². The van der Waals surface area contributed by atoms with E-state index in [0.29, 0.717) is 13.2 Å².